The fraction of sp³-hybridized carbons (Fsp3) is 0.400. The van der Waals surface area contributed by atoms with Gasteiger partial charge in [-0.3, -0.25) is 0 Å². The molecule has 1 saturated heterocycles. The first kappa shape index (κ1) is 17.8. The number of rotatable bonds is 5. The minimum atomic E-state index is -0.653. The van der Waals surface area contributed by atoms with Crippen molar-refractivity contribution in [1.29, 1.82) is 0 Å². The number of ether oxygens (including phenoxy) is 2. The van der Waals surface area contributed by atoms with Crippen molar-refractivity contribution in [2.24, 2.45) is 0 Å². The summed E-state index contributed by atoms with van der Waals surface area (Å²) < 4.78 is 40.2. The molecule has 2 aromatic rings. The highest BCUT2D eigenvalue weighted by Crippen LogP contribution is 2.36. The van der Waals surface area contributed by atoms with Crippen LogP contribution in [-0.4, -0.2) is 24.4 Å². The summed E-state index contributed by atoms with van der Waals surface area (Å²) in [6.45, 7) is 2.32. The van der Waals surface area contributed by atoms with Crippen LogP contribution in [0.2, 0.25) is 0 Å². The van der Waals surface area contributed by atoms with E-state index < -0.39 is 17.7 Å². The molecule has 0 aromatic heterocycles. The van der Waals surface area contributed by atoms with Gasteiger partial charge in [0.1, 0.15) is 17.4 Å². The fourth-order valence-electron chi connectivity index (χ4n) is 3.21. The lowest BCUT2D eigenvalue weighted by Crippen LogP contribution is -2.26. The highest BCUT2D eigenvalue weighted by Gasteiger charge is 2.28. The van der Waals surface area contributed by atoms with Crippen LogP contribution in [0.3, 0.4) is 0 Å². The molecule has 25 heavy (non-hydrogen) atoms. The van der Waals surface area contributed by atoms with E-state index in [0.717, 1.165) is 12.2 Å². The van der Waals surface area contributed by atoms with Crippen LogP contribution >= 0.6 is 0 Å². The second-order valence-electron chi connectivity index (χ2n) is 6.17. The predicted octanol–water partition coefficient (Wildman–Crippen LogP) is 4.63. The molecule has 0 radical (unpaired) electrons. The van der Waals surface area contributed by atoms with Crippen LogP contribution in [0.1, 0.15) is 37.9 Å². The van der Waals surface area contributed by atoms with Crippen LogP contribution in [0.25, 0.3) is 11.1 Å². The van der Waals surface area contributed by atoms with Gasteiger partial charge in [-0.25, -0.2) is 8.78 Å². The Labute approximate surface area is 146 Å². The van der Waals surface area contributed by atoms with Gasteiger partial charge in [0, 0.05) is 0 Å². The second-order valence-corrected chi connectivity index (χ2v) is 6.17. The van der Waals surface area contributed by atoms with Crippen LogP contribution in [0.15, 0.2) is 36.4 Å². The lowest BCUT2D eigenvalue weighted by Gasteiger charge is -2.29. The van der Waals surface area contributed by atoms with Crippen LogP contribution in [0, 0.1) is 11.6 Å². The van der Waals surface area contributed by atoms with Crippen LogP contribution in [-0.2, 0) is 4.74 Å². The van der Waals surface area contributed by atoms with E-state index in [1.165, 1.54) is 12.1 Å². The molecule has 0 spiro atoms. The Morgan fingerprint density at radius 1 is 1.08 bits per heavy atom. The van der Waals surface area contributed by atoms with E-state index in [4.69, 9.17) is 9.47 Å². The molecule has 2 unspecified atom stereocenters. The molecule has 134 valence electrons. The monoisotopic (exact) mass is 348 g/mol. The fourth-order valence-corrected chi connectivity index (χ4v) is 3.21. The van der Waals surface area contributed by atoms with Crippen molar-refractivity contribution in [1.82, 2.24) is 0 Å². The second kappa shape index (κ2) is 7.93. The molecule has 3 rings (SSSR count). The molecule has 0 bridgehead atoms. The summed E-state index contributed by atoms with van der Waals surface area (Å²) in [5.41, 5.74) is 1.13. The van der Waals surface area contributed by atoms with Crippen molar-refractivity contribution in [3.63, 3.8) is 0 Å². The number of hydrogen-bond acceptors (Lipinski definition) is 3. The number of aliphatic hydroxyl groups excluding tert-OH is 1. The van der Waals surface area contributed by atoms with E-state index in [1.54, 1.807) is 24.3 Å². The smallest absolute Gasteiger partial charge is 0.132 e. The minimum Gasteiger partial charge on any atom is -0.494 e. The number of halogens is 2. The lowest BCUT2D eigenvalue weighted by molar-refractivity contribution is -0.0761. The zero-order valence-electron chi connectivity index (χ0n) is 14.2. The van der Waals surface area contributed by atoms with Gasteiger partial charge in [-0.15, -0.1) is 0 Å². The highest BCUT2D eigenvalue weighted by molar-refractivity contribution is 5.65. The minimum absolute atomic E-state index is 0.0483. The first-order chi connectivity index (χ1) is 12.1. The van der Waals surface area contributed by atoms with Gasteiger partial charge in [0.25, 0.3) is 0 Å². The summed E-state index contributed by atoms with van der Waals surface area (Å²) in [6.07, 6.45) is 1.02. The van der Waals surface area contributed by atoms with E-state index in [2.05, 4.69) is 0 Å². The first-order valence-corrected chi connectivity index (χ1v) is 8.60. The average Bonchev–Trinajstić information content (AvgIpc) is 2.62. The molecule has 0 aliphatic carbocycles. The molecule has 1 fully saturated rings. The molecule has 0 amide bonds. The third-order valence-corrected chi connectivity index (χ3v) is 4.45. The molecule has 1 N–H and O–H groups in total. The standard InChI is InChI=1S/C20H22F2O3/c1-2-24-15-8-6-13(7-9-15)14-10-17(21)20(18(22)11-14)19-5-3-4-16(12-23)25-19/h6-11,16,19,23H,2-5,12H2,1H3. The Morgan fingerprint density at radius 2 is 1.76 bits per heavy atom. The molecule has 0 saturated carbocycles. The van der Waals surface area contributed by atoms with Gasteiger partial charge >= 0.3 is 0 Å². The van der Waals surface area contributed by atoms with Gasteiger partial charge in [0.2, 0.25) is 0 Å². The predicted molar refractivity (Wildman–Crippen MR) is 91.5 cm³/mol. The largest absolute Gasteiger partial charge is 0.494 e. The molecule has 2 aromatic carbocycles. The SMILES string of the molecule is CCOc1ccc(-c2cc(F)c(C3CCCC(CO)O3)c(F)c2)cc1. The average molecular weight is 348 g/mol. The maximum atomic E-state index is 14.6. The van der Waals surface area contributed by atoms with Crippen molar-refractivity contribution in [2.75, 3.05) is 13.2 Å². The van der Waals surface area contributed by atoms with Gasteiger partial charge in [0.05, 0.1) is 31.0 Å². The van der Waals surface area contributed by atoms with Gasteiger partial charge in [-0.2, -0.15) is 0 Å². The van der Waals surface area contributed by atoms with Crippen molar-refractivity contribution < 1.29 is 23.4 Å². The van der Waals surface area contributed by atoms with Crippen molar-refractivity contribution in [3.8, 4) is 16.9 Å². The van der Waals surface area contributed by atoms with Gasteiger partial charge < -0.3 is 14.6 Å². The van der Waals surface area contributed by atoms with Crippen molar-refractivity contribution >= 4 is 0 Å². The van der Waals surface area contributed by atoms with Gasteiger partial charge in [-0.05, 0) is 61.6 Å². The van der Waals surface area contributed by atoms with Crippen LogP contribution in [0.4, 0.5) is 8.78 Å². The van der Waals surface area contributed by atoms with E-state index >= 15 is 0 Å². The summed E-state index contributed by atoms with van der Waals surface area (Å²) >= 11 is 0. The Balaban J connectivity index is 1.87. The maximum Gasteiger partial charge on any atom is 0.132 e. The first-order valence-electron chi connectivity index (χ1n) is 8.60. The summed E-state index contributed by atoms with van der Waals surface area (Å²) in [5, 5.41) is 9.22. The zero-order valence-corrected chi connectivity index (χ0v) is 14.2. The van der Waals surface area contributed by atoms with Gasteiger partial charge in [-0.1, -0.05) is 12.1 Å². The number of benzene rings is 2. The molecule has 2 atom stereocenters. The lowest BCUT2D eigenvalue weighted by atomic mass is 9.95. The molecule has 1 aliphatic heterocycles. The third-order valence-electron chi connectivity index (χ3n) is 4.45. The van der Waals surface area contributed by atoms with E-state index in [1.807, 2.05) is 6.92 Å². The molecule has 1 aliphatic rings. The summed E-state index contributed by atoms with van der Waals surface area (Å²) in [6, 6.07) is 9.77. The van der Waals surface area contributed by atoms with Crippen molar-refractivity contribution in [3.05, 3.63) is 53.6 Å². The Morgan fingerprint density at radius 3 is 2.36 bits per heavy atom. The maximum absolute atomic E-state index is 14.6. The quantitative estimate of drug-likeness (QED) is 0.856. The van der Waals surface area contributed by atoms with Crippen molar-refractivity contribution in [2.45, 2.75) is 38.4 Å². The molecular weight excluding hydrogens is 326 g/mol. The van der Waals surface area contributed by atoms with E-state index in [9.17, 15) is 13.9 Å². The molecule has 5 heteroatoms. The Hall–Kier alpha value is -1.98. The highest BCUT2D eigenvalue weighted by atomic mass is 19.1. The third kappa shape index (κ3) is 3.99. The summed E-state index contributed by atoms with van der Waals surface area (Å²) in [7, 11) is 0. The molecule has 1 heterocycles. The van der Waals surface area contributed by atoms with E-state index in [-0.39, 0.29) is 18.3 Å². The Bertz CT molecular complexity index is 692. The number of hydrogen-bond donors (Lipinski definition) is 1. The topological polar surface area (TPSA) is 38.7 Å². The van der Waals surface area contributed by atoms with Crippen LogP contribution in [0.5, 0.6) is 5.75 Å². The number of aliphatic hydroxyl groups is 1. The summed E-state index contributed by atoms with van der Waals surface area (Å²) in [4.78, 5) is 0. The Kier molecular flexibility index (Phi) is 5.66. The molecule has 3 nitrogen and oxygen atoms in total. The van der Waals surface area contributed by atoms with Crippen LogP contribution < -0.4 is 4.74 Å². The molecular formula is C20H22F2O3. The summed E-state index contributed by atoms with van der Waals surface area (Å²) in [5.74, 6) is -0.519. The zero-order chi connectivity index (χ0) is 17.8. The van der Waals surface area contributed by atoms with Gasteiger partial charge in [0.15, 0.2) is 0 Å². The normalized spacial score (nSPS) is 20.5. The van der Waals surface area contributed by atoms with E-state index in [0.29, 0.717) is 30.6 Å².